The van der Waals surface area contributed by atoms with Crippen molar-refractivity contribution in [3.05, 3.63) is 30.1 Å². The van der Waals surface area contributed by atoms with Crippen molar-refractivity contribution in [2.24, 2.45) is 0 Å². The van der Waals surface area contributed by atoms with Gasteiger partial charge in [0.15, 0.2) is 11.6 Å². The Bertz CT molecular complexity index is 317. The van der Waals surface area contributed by atoms with Crippen molar-refractivity contribution in [3.8, 4) is 5.75 Å². The normalized spacial score (nSPS) is 10.6. The Morgan fingerprint density at radius 2 is 1.83 bits per heavy atom. The number of hydrogen-bond donors (Lipinski definition) is 1. The van der Waals surface area contributed by atoms with Gasteiger partial charge in [-0.05, 0) is 44.5 Å². The Morgan fingerprint density at radius 3 is 2.61 bits per heavy atom. The van der Waals surface area contributed by atoms with Crippen LogP contribution in [0.1, 0.15) is 39.0 Å². The molecule has 0 bridgehead atoms. The minimum Gasteiger partial charge on any atom is -0.491 e. The van der Waals surface area contributed by atoms with E-state index in [0.29, 0.717) is 12.4 Å². The van der Waals surface area contributed by atoms with Gasteiger partial charge in [0.25, 0.3) is 0 Å². The molecule has 0 saturated heterocycles. The molecule has 1 aromatic rings. The van der Waals surface area contributed by atoms with Crippen molar-refractivity contribution in [1.82, 2.24) is 5.32 Å². The Labute approximate surface area is 110 Å². The van der Waals surface area contributed by atoms with E-state index >= 15 is 0 Å². The van der Waals surface area contributed by atoms with Crippen molar-refractivity contribution < 1.29 is 9.13 Å². The Hall–Kier alpha value is -1.09. The lowest BCUT2D eigenvalue weighted by molar-refractivity contribution is 0.290. The average Bonchev–Trinajstić information content (AvgIpc) is 2.39. The van der Waals surface area contributed by atoms with Crippen LogP contribution in [0.2, 0.25) is 0 Å². The summed E-state index contributed by atoms with van der Waals surface area (Å²) in [7, 11) is 0. The van der Waals surface area contributed by atoms with E-state index in [0.717, 1.165) is 25.9 Å². The maximum absolute atomic E-state index is 13.2. The number of halogens is 1. The standard InChI is InChI=1S/C15H24FNO/c1-2-11-17-12-7-3-4-8-13-18-15-10-6-5-9-14(15)16/h5-6,9-10,17H,2-4,7-8,11-13H2,1H3. The van der Waals surface area contributed by atoms with Crippen molar-refractivity contribution in [2.75, 3.05) is 19.7 Å². The molecule has 0 fully saturated rings. The van der Waals surface area contributed by atoms with Crippen LogP contribution in [0.5, 0.6) is 5.75 Å². The van der Waals surface area contributed by atoms with Crippen molar-refractivity contribution in [2.45, 2.75) is 39.0 Å². The molecule has 2 nitrogen and oxygen atoms in total. The third-order valence-corrected chi connectivity index (χ3v) is 2.77. The first-order valence-corrected chi connectivity index (χ1v) is 6.92. The van der Waals surface area contributed by atoms with Crippen LogP contribution in [0.3, 0.4) is 0 Å². The minimum absolute atomic E-state index is 0.277. The topological polar surface area (TPSA) is 21.3 Å². The predicted octanol–water partition coefficient (Wildman–Crippen LogP) is 3.76. The first kappa shape index (κ1) is 15.0. The Kier molecular flexibility index (Phi) is 8.23. The molecular formula is C15H24FNO. The molecule has 0 aliphatic heterocycles. The molecule has 0 aliphatic carbocycles. The molecule has 0 heterocycles. The molecule has 0 spiro atoms. The van der Waals surface area contributed by atoms with Gasteiger partial charge >= 0.3 is 0 Å². The molecule has 0 unspecified atom stereocenters. The van der Waals surface area contributed by atoms with Crippen LogP contribution in [0, 0.1) is 5.82 Å². The van der Waals surface area contributed by atoms with Crippen molar-refractivity contribution in [1.29, 1.82) is 0 Å². The van der Waals surface area contributed by atoms with E-state index in [-0.39, 0.29) is 5.82 Å². The number of rotatable bonds is 10. The van der Waals surface area contributed by atoms with Gasteiger partial charge in [-0.1, -0.05) is 31.9 Å². The quantitative estimate of drug-likeness (QED) is 0.641. The molecule has 18 heavy (non-hydrogen) atoms. The molecule has 0 aromatic heterocycles. The molecule has 0 amide bonds. The zero-order valence-electron chi connectivity index (χ0n) is 11.3. The molecule has 0 saturated carbocycles. The van der Waals surface area contributed by atoms with Gasteiger partial charge in [-0.25, -0.2) is 4.39 Å². The summed E-state index contributed by atoms with van der Waals surface area (Å²) in [5.41, 5.74) is 0. The van der Waals surface area contributed by atoms with Crippen LogP contribution in [0.25, 0.3) is 0 Å². The number of hydrogen-bond acceptors (Lipinski definition) is 2. The number of para-hydroxylation sites is 1. The van der Waals surface area contributed by atoms with Gasteiger partial charge in [0.1, 0.15) is 0 Å². The molecule has 0 radical (unpaired) electrons. The lowest BCUT2D eigenvalue weighted by Crippen LogP contribution is -2.15. The maximum Gasteiger partial charge on any atom is 0.165 e. The fourth-order valence-electron chi connectivity index (χ4n) is 1.75. The van der Waals surface area contributed by atoms with Crippen molar-refractivity contribution in [3.63, 3.8) is 0 Å². The second-order valence-corrected chi connectivity index (χ2v) is 4.44. The zero-order valence-corrected chi connectivity index (χ0v) is 11.3. The molecule has 1 N–H and O–H groups in total. The second-order valence-electron chi connectivity index (χ2n) is 4.44. The molecule has 0 aliphatic rings. The number of ether oxygens (including phenoxy) is 1. The number of nitrogens with one attached hydrogen (secondary N) is 1. The highest BCUT2D eigenvalue weighted by Gasteiger charge is 2.00. The third-order valence-electron chi connectivity index (χ3n) is 2.77. The zero-order chi connectivity index (χ0) is 13.1. The summed E-state index contributed by atoms with van der Waals surface area (Å²) in [5.74, 6) is 0.0865. The molecule has 1 rings (SSSR count). The molecular weight excluding hydrogens is 229 g/mol. The van der Waals surface area contributed by atoms with Crippen LogP contribution in [0.15, 0.2) is 24.3 Å². The van der Waals surface area contributed by atoms with E-state index in [4.69, 9.17) is 4.74 Å². The summed E-state index contributed by atoms with van der Waals surface area (Å²) in [4.78, 5) is 0. The minimum atomic E-state index is -0.277. The largest absolute Gasteiger partial charge is 0.491 e. The third kappa shape index (κ3) is 6.60. The van der Waals surface area contributed by atoms with E-state index in [1.54, 1.807) is 18.2 Å². The van der Waals surface area contributed by atoms with E-state index in [9.17, 15) is 4.39 Å². The highest BCUT2D eigenvalue weighted by atomic mass is 19.1. The summed E-state index contributed by atoms with van der Waals surface area (Å²) in [6.07, 6.45) is 5.73. The summed E-state index contributed by atoms with van der Waals surface area (Å²) in [6, 6.07) is 6.56. The SMILES string of the molecule is CCCNCCCCCCOc1ccccc1F. The number of benzene rings is 1. The molecule has 1 aromatic carbocycles. The molecule has 102 valence electrons. The smallest absolute Gasteiger partial charge is 0.165 e. The van der Waals surface area contributed by atoms with Gasteiger partial charge in [-0.3, -0.25) is 0 Å². The Morgan fingerprint density at radius 1 is 1.06 bits per heavy atom. The first-order valence-electron chi connectivity index (χ1n) is 6.92. The van der Waals surface area contributed by atoms with Gasteiger partial charge < -0.3 is 10.1 Å². The number of unbranched alkanes of at least 4 members (excludes halogenated alkanes) is 3. The van der Waals surface area contributed by atoms with Gasteiger partial charge in [0.2, 0.25) is 0 Å². The average molecular weight is 253 g/mol. The van der Waals surface area contributed by atoms with Gasteiger partial charge in [-0.15, -0.1) is 0 Å². The van der Waals surface area contributed by atoms with E-state index in [2.05, 4.69) is 12.2 Å². The molecule has 3 heteroatoms. The van der Waals surface area contributed by atoms with Crippen LogP contribution >= 0.6 is 0 Å². The monoisotopic (exact) mass is 253 g/mol. The first-order chi connectivity index (χ1) is 8.84. The lowest BCUT2D eigenvalue weighted by atomic mass is 10.2. The van der Waals surface area contributed by atoms with Crippen LogP contribution < -0.4 is 10.1 Å². The molecule has 0 atom stereocenters. The highest BCUT2D eigenvalue weighted by molar-refractivity contribution is 5.23. The van der Waals surface area contributed by atoms with Crippen LogP contribution in [-0.4, -0.2) is 19.7 Å². The summed E-state index contributed by atoms with van der Waals surface area (Å²) in [5, 5.41) is 3.38. The lowest BCUT2D eigenvalue weighted by Gasteiger charge is -2.07. The van der Waals surface area contributed by atoms with E-state index < -0.39 is 0 Å². The van der Waals surface area contributed by atoms with Crippen molar-refractivity contribution >= 4 is 0 Å². The Balaban J connectivity index is 1.94. The van der Waals surface area contributed by atoms with Crippen LogP contribution in [0.4, 0.5) is 4.39 Å². The fourth-order valence-corrected chi connectivity index (χ4v) is 1.75. The summed E-state index contributed by atoms with van der Waals surface area (Å²) >= 11 is 0. The predicted molar refractivity (Wildman–Crippen MR) is 73.5 cm³/mol. The second kappa shape index (κ2) is 9.89. The van der Waals surface area contributed by atoms with Gasteiger partial charge in [-0.2, -0.15) is 0 Å². The van der Waals surface area contributed by atoms with Gasteiger partial charge in [0, 0.05) is 0 Å². The summed E-state index contributed by atoms with van der Waals surface area (Å²) in [6.45, 7) is 4.98. The highest BCUT2D eigenvalue weighted by Crippen LogP contribution is 2.15. The van der Waals surface area contributed by atoms with E-state index in [1.165, 1.54) is 25.3 Å². The van der Waals surface area contributed by atoms with Gasteiger partial charge in [0.05, 0.1) is 6.61 Å². The fraction of sp³-hybridized carbons (Fsp3) is 0.600. The maximum atomic E-state index is 13.2. The van der Waals surface area contributed by atoms with E-state index in [1.807, 2.05) is 0 Å². The van der Waals surface area contributed by atoms with Crippen LogP contribution in [-0.2, 0) is 0 Å². The summed E-state index contributed by atoms with van der Waals surface area (Å²) < 4.78 is 18.6.